The Morgan fingerprint density at radius 1 is 0.778 bits per heavy atom. The summed E-state index contributed by atoms with van der Waals surface area (Å²) >= 11 is 11.9. The van der Waals surface area contributed by atoms with Crippen LogP contribution in [-0.2, 0) is 0 Å². The van der Waals surface area contributed by atoms with Crippen LogP contribution in [0.1, 0.15) is 32.1 Å². The van der Waals surface area contributed by atoms with Crippen LogP contribution in [0.15, 0.2) is 0 Å². The van der Waals surface area contributed by atoms with Crippen molar-refractivity contribution < 1.29 is 0 Å². The van der Waals surface area contributed by atoms with Crippen LogP contribution in [0.4, 0.5) is 0 Å². The van der Waals surface area contributed by atoms with Crippen molar-refractivity contribution in [3.63, 3.8) is 0 Å². The van der Waals surface area contributed by atoms with Gasteiger partial charge >= 0.3 is 0 Å². The molecule has 2 heteroatoms. The summed E-state index contributed by atoms with van der Waals surface area (Å²) in [5.74, 6) is 0. The summed E-state index contributed by atoms with van der Waals surface area (Å²) < 4.78 is 0. The van der Waals surface area contributed by atoms with Crippen LogP contribution in [0.25, 0.3) is 0 Å². The van der Waals surface area contributed by atoms with E-state index in [0.717, 1.165) is 12.8 Å². The second kappa shape index (κ2) is 3.68. The van der Waals surface area contributed by atoms with Gasteiger partial charge in [0.25, 0.3) is 0 Å². The van der Waals surface area contributed by atoms with E-state index in [1.807, 2.05) is 0 Å². The van der Waals surface area contributed by atoms with E-state index in [2.05, 4.69) is 0 Å². The lowest BCUT2D eigenvalue weighted by atomic mass is 10.2. The van der Waals surface area contributed by atoms with Gasteiger partial charge < -0.3 is 0 Å². The monoisotopic (exact) mass is 166 g/mol. The summed E-state index contributed by atoms with van der Waals surface area (Å²) in [6.07, 6.45) is 6.05. The standard InChI is InChI=1S/C7H12Cl2/c8-6-4-2-1-3-5-7(6)9/h6-7H,1-5H2/t6-,7-/m0/s1. The van der Waals surface area contributed by atoms with Crippen LogP contribution in [-0.4, -0.2) is 10.8 Å². The van der Waals surface area contributed by atoms with Gasteiger partial charge in [-0.3, -0.25) is 0 Å². The molecule has 0 radical (unpaired) electrons. The zero-order valence-electron chi connectivity index (χ0n) is 5.45. The van der Waals surface area contributed by atoms with Crippen LogP contribution in [0.3, 0.4) is 0 Å². The Morgan fingerprint density at radius 2 is 1.22 bits per heavy atom. The molecule has 0 aromatic rings. The quantitative estimate of drug-likeness (QED) is 0.384. The maximum absolute atomic E-state index is 5.94. The third-order valence-electron chi connectivity index (χ3n) is 1.85. The van der Waals surface area contributed by atoms with E-state index in [-0.39, 0.29) is 10.8 Å². The molecular weight excluding hydrogens is 155 g/mol. The molecule has 0 unspecified atom stereocenters. The van der Waals surface area contributed by atoms with Crippen LogP contribution in [0.2, 0.25) is 0 Å². The van der Waals surface area contributed by atoms with Crippen LogP contribution < -0.4 is 0 Å². The highest BCUT2D eigenvalue weighted by Gasteiger charge is 2.18. The molecular formula is C7H12Cl2. The van der Waals surface area contributed by atoms with Gasteiger partial charge in [-0.15, -0.1) is 23.2 Å². The van der Waals surface area contributed by atoms with Crippen molar-refractivity contribution >= 4 is 23.2 Å². The van der Waals surface area contributed by atoms with Gasteiger partial charge in [-0.05, 0) is 12.8 Å². The second-order valence-electron chi connectivity index (χ2n) is 2.67. The lowest BCUT2D eigenvalue weighted by Gasteiger charge is -2.09. The van der Waals surface area contributed by atoms with Crippen LogP contribution in [0, 0.1) is 0 Å². The molecule has 0 nitrogen and oxygen atoms in total. The zero-order chi connectivity index (χ0) is 6.69. The average molecular weight is 167 g/mol. The Bertz CT molecular complexity index is 73.0. The fourth-order valence-corrected chi connectivity index (χ4v) is 1.78. The number of hydrogen-bond donors (Lipinski definition) is 0. The first-order chi connectivity index (χ1) is 4.30. The van der Waals surface area contributed by atoms with Gasteiger partial charge in [-0.1, -0.05) is 19.3 Å². The molecule has 0 aliphatic heterocycles. The van der Waals surface area contributed by atoms with Gasteiger partial charge in [0.1, 0.15) is 0 Å². The summed E-state index contributed by atoms with van der Waals surface area (Å²) in [6.45, 7) is 0. The minimum absolute atomic E-state index is 0.231. The molecule has 1 fully saturated rings. The van der Waals surface area contributed by atoms with Crippen molar-refractivity contribution in [1.29, 1.82) is 0 Å². The molecule has 0 aromatic carbocycles. The molecule has 1 saturated carbocycles. The van der Waals surface area contributed by atoms with E-state index < -0.39 is 0 Å². The minimum atomic E-state index is 0.231. The smallest absolute Gasteiger partial charge is 0.0499 e. The van der Waals surface area contributed by atoms with Crippen molar-refractivity contribution in [2.24, 2.45) is 0 Å². The van der Waals surface area contributed by atoms with Gasteiger partial charge in [0.05, 0.1) is 0 Å². The first kappa shape index (κ1) is 7.68. The second-order valence-corrected chi connectivity index (χ2v) is 3.79. The van der Waals surface area contributed by atoms with Crippen molar-refractivity contribution in [3.05, 3.63) is 0 Å². The van der Waals surface area contributed by atoms with Gasteiger partial charge in [-0.2, -0.15) is 0 Å². The number of hydrogen-bond acceptors (Lipinski definition) is 0. The van der Waals surface area contributed by atoms with E-state index in [1.165, 1.54) is 19.3 Å². The molecule has 0 heterocycles. The number of alkyl halides is 2. The first-order valence-electron chi connectivity index (χ1n) is 3.59. The van der Waals surface area contributed by atoms with Gasteiger partial charge in [-0.25, -0.2) is 0 Å². The molecule has 0 amide bonds. The summed E-state index contributed by atoms with van der Waals surface area (Å²) in [4.78, 5) is 0. The molecule has 0 N–H and O–H groups in total. The van der Waals surface area contributed by atoms with E-state index >= 15 is 0 Å². The third kappa shape index (κ3) is 2.35. The van der Waals surface area contributed by atoms with Gasteiger partial charge in [0.15, 0.2) is 0 Å². The Kier molecular flexibility index (Phi) is 3.14. The molecule has 2 atom stereocenters. The van der Waals surface area contributed by atoms with E-state index in [4.69, 9.17) is 23.2 Å². The highest BCUT2D eigenvalue weighted by Crippen LogP contribution is 2.25. The van der Waals surface area contributed by atoms with Crippen LogP contribution >= 0.6 is 23.2 Å². The van der Waals surface area contributed by atoms with Crippen LogP contribution in [0.5, 0.6) is 0 Å². The fourth-order valence-electron chi connectivity index (χ4n) is 1.22. The third-order valence-corrected chi connectivity index (χ3v) is 3.03. The lowest BCUT2D eigenvalue weighted by Crippen LogP contribution is -2.11. The van der Waals surface area contributed by atoms with Crippen molar-refractivity contribution in [3.8, 4) is 0 Å². The van der Waals surface area contributed by atoms with E-state index in [0.29, 0.717) is 0 Å². The predicted molar refractivity (Wildman–Crippen MR) is 42.4 cm³/mol. The lowest BCUT2D eigenvalue weighted by molar-refractivity contribution is 0.703. The predicted octanol–water partition coefficient (Wildman–Crippen LogP) is 3.17. The number of halogens is 2. The van der Waals surface area contributed by atoms with Gasteiger partial charge in [0.2, 0.25) is 0 Å². The Morgan fingerprint density at radius 3 is 1.67 bits per heavy atom. The largest absolute Gasteiger partial charge is 0.121 e. The fraction of sp³-hybridized carbons (Fsp3) is 1.00. The molecule has 0 saturated heterocycles. The average Bonchev–Trinajstić information content (AvgIpc) is 1.99. The van der Waals surface area contributed by atoms with Crippen molar-refractivity contribution in [2.75, 3.05) is 0 Å². The van der Waals surface area contributed by atoms with Gasteiger partial charge in [0, 0.05) is 10.8 Å². The zero-order valence-corrected chi connectivity index (χ0v) is 6.96. The summed E-state index contributed by atoms with van der Waals surface area (Å²) in [6, 6.07) is 0. The SMILES string of the molecule is Cl[C@H]1CCCCC[C@@H]1Cl. The highest BCUT2D eigenvalue weighted by molar-refractivity contribution is 6.29. The van der Waals surface area contributed by atoms with E-state index in [9.17, 15) is 0 Å². The molecule has 1 rings (SSSR count). The van der Waals surface area contributed by atoms with Crippen molar-refractivity contribution in [1.82, 2.24) is 0 Å². The van der Waals surface area contributed by atoms with Crippen molar-refractivity contribution in [2.45, 2.75) is 42.9 Å². The Labute approximate surface area is 66.5 Å². The van der Waals surface area contributed by atoms with E-state index in [1.54, 1.807) is 0 Å². The molecule has 0 aromatic heterocycles. The number of rotatable bonds is 0. The Balaban J connectivity index is 2.32. The molecule has 1 aliphatic rings. The first-order valence-corrected chi connectivity index (χ1v) is 4.46. The summed E-state index contributed by atoms with van der Waals surface area (Å²) in [7, 11) is 0. The molecule has 0 spiro atoms. The summed E-state index contributed by atoms with van der Waals surface area (Å²) in [5, 5.41) is 0.461. The maximum Gasteiger partial charge on any atom is 0.0499 e. The maximum atomic E-state index is 5.94. The normalized spacial score (nSPS) is 38.0. The Hall–Kier alpha value is 0.580. The molecule has 54 valence electrons. The minimum Gasteiger partial charge on any atom is -0.121 e. The molecule has 1 aliphatic carbocycles. The highest BCUT2D eigenvalue weighted by atomic mass is 35.5. The summed E-state index contributed by atoms with van der Waals surface area (Å²) in [5.41, 5.74) is 0. The molecule has 9 heavy (non-hydrogen) atoms. The molecule has 0 bridgehead atoms. The topological polar surface area (TPSA) is 0 Å².